The molecule has 1 N–H and O–H groups in total. The van der Waals surface area contributed by atoms with Crippen LogP contribution in [-0.2, 0) is 0 Å². The molecule has 0 aromatic carbocycles. The van der Waals surface area contributed by atoms with Gasteiger partial charge in [0, 0.05) is 31.5 Å². The average molecular weight is 274 g/mol. The molecule has 0 bridgehead atoms. The van der Waals surface area contributed by atoms with Gasteiger partial charge in [0.1, 0.15) is 6.33 Å². The van der Waals surface area contributed by atoms with E-state index in [4.69, 9.17) is 0 Å². The van der Waals surface area contributed by atoms with Gasteiger partial charge in [-0.05, 0) is 32.2 Å². The van der Waals surface area contributed by atoms with Crippen LogP contribution >= 0.6 is 0 Å². The van der Waals surface area contributed by atoms with E-state index in [1.54, 1.807) is 6.33 Å². The maximum absolute atomic E-state index is 4.52. The number of rotatable bonds is 4. The van der Waals surface area contributed by atoms with Gasteiger partial charge in [-0.15, -0.1) is 10.2 Å². The van der Waals surface area contributed by atoms with E-state index >= 15 is 0 Å². The minimum atomic E-state index is 0.542. The summed E-state index contributed by atoms with van der Waals surface area (Å²) in [7, 11) is 0. The fourth-order valence-electron chi connectivity index (χ4n) is 3.07. The van der Waals surface area contributed by atoms with Crippen molar-refractivity contribution >= 4 is 11.5 Å². The maximum atomic E-state index is 4.52. The first kappa shape index (κ1) is 13.3. The Morgan fingerprint density at radius 1 is 1.50 bits per heavy atom. The Kier molecular flexibility index (Phi) is 3.82. The molecule has 2 atom stereocenters. The van der Waals surface area contributed by atoms with E-state index in [1.165, 1.54) is 12.8 Å². The Hall–Kier alpha value is -1.69. The highest BCUT2D eigenvalue weighted by Crippen LogP contribution is 2.25. The predicted molar refractivity (Wildman–Crippen MR) is 78.9 cm³/mol. The summed E-state index contributed by atoms with van der Waals surface area (Å²) >= 11 is 0. The van der Waals surface area contributed by atoms with Crippen molar-refractivity contribution < 1.29 is 0 Å². The van der Waals surface area contributed by atoms with Gasteiger partial charge in [-0.1, -0.05) is 6.92 Å². The third kappa shape index (κ3) is 2.47. The topological polar surface area (TPSA) is 58.4 Å². The monoisotopic (exact) mass is 274 g/mol. The van der Waals surface area contributed by atoms with Gasteiger partial charge in [0.25, 0.3) is 0 Å². The number of piperidine rings is 1. The van der Waals surface area contributed by atoms with Gasteiger partial charge in [0.05, 0.1) is 0 Å². The molecule has 6 heteroatoms. The number of anilines is 1. The molecule has 0 amide bonds. The lowest BCUT2D eigenvalue weighted by atomic mass is 9.91. The van der Waals surface area contributed by atoms with Gasteiger partial charge in [0.15, 0.2) is 5.82 Å². The van der Waals surface area contributed by atoms with E-state index in [-0.39, 0.29) is 0 Å². The van der Waals surface area contributed by atoms with Crippen LogP contribution in [0, 0.1) is 5.92 Å². The lowest BCUT2D eigenvalue weighted by Gasteiger charge is -2.36. The number of aromatic nitrogens is 4. The Balaban J connectivity index is 1.81. The Labute approximate surface area is 119 Å². The molecule has 1 aliphatic heterocycles. The molecule has 0 aliphatic carbocycles. The second kappa shape index (κ2) is 5.75. The first-order chi connectivity index (χ1) is 9.79. The molecular formula is C14H22N6. The molecule has 108 valence electrons. The van der Waals surface area contributed by atoms with E-state index in [0.29, 0.717) is 12.0 Å². The molecule has 0 spiro atoms. The third-order valence-electron chi connectivity index (χ3n) is 4.19. The van der Waals surface area contributed by atoms with E-state index < -0.39 is 0 Å². The standard InChI is InChI=1S/C14H22N6/c1-3-15-11(2)12-5-4-7-19(9-12)13-14-18-17-10-20(14)8-6-16-13/h6,8,10-12,15H,3-5,7,9H2,1-2H3. The molecule has 2 aromatic heterocycles. The molecule has 2 unspecified atom stereocenters. The first-order valence-electron chi connectivity index (χ1n) is 7.42. The summed E-state index contributed by atoms with van der Waals surface area (Å²) in [5.41, 5.74) is 0.851. The lowest BCUT2D eigenvalue weighted by Crippen LogP contribution is -2.44. The van der Waals surface area contributed by atoms with Gasteiger partial charge in [-0.2, -0.15) is 0 Å². The summed E-state index contributed by atoms with van der Waals surface area (Å²) in [6.07, 6.45) is 7.92. The third-order valence-corrected chi connectivity index (χ3v) is 4.19. The fraction of sp³-hybridized carbons (Fsp3) is 0.643. The lowest BCUT2D eigenvalue weighted by molar-refractivity contribution is 0.323. The Morgan fingerprint density at radius 3 is 3.25 bits per heavy atom. The number of nitrogens with zero attached hydrogens (tertiary/aromatic N) is 5. The van der Waals surface area contributed by atoms with Crippen molar-refractivity contribution in [1.82, 2.24) is 24.9 Å². The zero-order valence-electron chi connectivity index (χ0n) is 12.2. The first-order valence-corrected chi connectivity index (χ1v) is 7.42. The van der Waals surface area contributed by atoms with E-state index in [9.17, 15) is 0 Å². The Morgan fingerprint density at radius 2 is 2.40 bits per heavy atom. The highest BCUT2D eigenvalue weighted by atomic mass is 15.3. The van der Waals surface area contributed by atoms with Crippen LogP contribution < -0.4 is 10.2 Å². The number of hydrogen-bond donors (Lipinski definition) is 1. The molecule has 3 heterocycles. The minimum Gasteiger partial charge on any atom is -0.353 e. The molecule has 1 aliphatic rings. The van der Waals surface area contributed by atoms with Crippen LogP contribution in [0.4, 0.5) is 5.82 Å². The molecule has 1 saturated heterocycles. The zero-order valence-corrected chi connectivity index (χ0v) is 12.2. The van der Waals surface area contributed by atoms with Crippen molar-refractivity contribution in [1.29, 1.82) is 0 Å². The molecule has 0 saturated carbocycles. The van der Waals surface area contributed by atoms with Crippen LogP contribution in [0.5, 0.6) is 0 Å². The maximum Gasteiger partial charge on any atom is 0.203 e. The number of fused-ring (bicyclic) bond motifs is 1. The molecule has 6 nitrogen and oxygen atoms in total. The minimum absolute atomic E-state index is 0.542. The van der Waals surface area contributed by atoms with Crippen molar-refractivity contribution in [3.8, 4) is 0 Å². The van der Waals surface area contributed by atoms with Crippen molar-refractivity contribution in [2.24, 2.45) is 5.92 Å². The number of nitrogens with one attached hydrogen (secondary N) is 1. The van der Waals surface area contributed by atoms with E-state index in [0.717, 1.165) is 31.1 Å². The van der Waals surface area contributed by atoms with Crippen molar-refractivity contribution in [2.75, 3.05) is 24.5 Å². The van der Waals surface area contributed by atoms with Gasteiger partial charge >= 0.3 is 0 Å². The van der Waals surface area contributed by atoms with Crippen LogP contribution in [0.3, 0.4) is 0 Å². The van der Waals surface area contributed by atoms with Crippen LogP contribution in [0.1, 0.15) is 26.7 Å². The van der Waals surface area contributed by atoms with Crippen LogP contribution in [0.2, 0.25) is 0 Å². The molecule has 20 heavy (non-hydrogen) atoms. The van der Waals surface area contributed by atoms with Gasteiger partial charge < -0.3 is 10.2 Å². The number of hydrogen-bond acceptors (Lipinski definition) is 5. The van der Waals surface area contributed by atoms with Crippen LogP contribution in [0.15, 0.2) is 18.7 Å². The smallest absolute Gasteiger partial charge is 0.203 e. The second-order valence-corrected chi connectivity index (χ2v) is 5.51. The molecule has 1 fully saturated rings. The normalized spacial score (nSPS) is 21.3. The molecule has 3 rings (SSSR count). The molecule has 2 aromatic rings. The van der Waals surface area contributed by atoms with Gasteiger partial charge in [-0.3, -0.25) is 4.40 Å². The summed E-state index contributed by atoms with van der Waals surface area (Å²) in [5.74, 6) is 1.62. The van der Waals surface area contributed by atoms with Crippen molar-refractivity contribution in [3.05, 3.63) is 18.7 Å². The Bertz CT molecular complexity index is 566. The average Bonchev–Trinajstić information content (AvgIpc) is 2.96. The van der Waals surface area contributed by atoms with E-state index in [2.05, 4.69) is 39.2 Å². The van der Waals surface area contributed by atoms with Crippen molar-refractivity contribution in [2.45, 2.75) is 32.7 Å². The fourth-order valence-corrected chi connectivity index (χ4v) is 3.07. The molecular weight excluding hydrogens is 252 g/mol. The van der Waals surface area contributed by atoms with Gasteiger partial charge in [0.2, 0.25) is 5.65 Å². The largest absolute Gasteiger partial charge is 0.353 e. The van der Waals surface area contributed by atoms with Crippen LogP contribution in [-0.4, -0.2) is 45.3 Å². The van der Waals surface area contributed by atoms with Crippen LogP contribution in [0.25, 0.3) is 5.65 Å². The summed E-state index contributed by atoms with van der Waals surface area (Å²) in [6, 6.07) is 0.542. The van der Waals surface area contributed by atoms with Crippen molar-refractivity contribution in [3.63, 3.8) is 0 Å². The predicted octanol–water partition coefficient (Wildman–Crippen LogP) is 1.34. The van der Waals surface area contributed by atoms with E-state index in [1.807, 2.05) is 16.8 Å². The van der Waals surface area contributed by atoms with Gasteiger partial charge in [-0.25, -0.2) is 4.98 Å². The highest BCUT2D eigenvalue weighted by molar-refractivity contribution is 5.63. The summed E-state index contributed by atoms with van der Waals surface area (Å²) in [5, 5.41) is 11.7. The summed E-state index contributed by atoms with van der Waals surface area (Å²) < 4.78 is 1.93. The zero-order chi connectivity index (χ0) is 13.9. The quantitative estimate of drug-likeness (QED) is 0.911. The summed E-state index contributed by atoms with van der Waals surface area (Å²) in [4.78, 5) is 6.88. The highest BCUT2D eigenvalue weighted by Gasteiger charge is 2.26. The summed E-state index contributed by atoms with van der Waals surface area (Å²) in [6.45, 7) is 7.55. The molecule has 0 radical (unpaired) electrons. The SMILES string of the molecule is CCNC(C)C1CCCN(c2nccn3cnnc23)C1. The second-order valence-electron chi connectivity index (χ2n) is 5.51.